The van der Waals surface area contributed by atoms with Gasteiger partial charge in [0.15, 0.2) is 0 Å². The first-order chi connectivity index (χ1) is 7.58. The minimum Gasteiger partial charge on any atom is -0.351 e. The molecule has 0 aliphatic carbocycles. The third-order valence-electron chi connectivity index (χ3n) is 2.70. The lowest BCUT2D eigenvalue weighted by molar-refractivity contribution is -0.120. The lowest BCUT2D eigenvalue weighted by Crippen LogP contribution is -2.43. The number of hydrogen-bond donors (Lipinski definition) is 3. The molecule has 3 amide bonds. The number of primary amides is 1. The van der Waals surface area contributed by atoms with Crippen LogP contribution in [0, 0.1) is 5.92 Å². The molecule has 92 valence electrons. The normalized spacial score (nSPS) is 17.4. The summed E-state index contributed by atoms with van der Waals surface area (Å²) in [5.41, 5.74) is 4.86. The summed E-state index contributed by atoms with van der Waals surface area (Å²) in [6.45, 7) is 3.19. The maximum absolute atomic E-state index is 11.2. The van der Waals surface area contributed by atoms with E-state index in [1.807, 2.05) is 11.9 Å². The highest BCUT2D eigenvalue weighted by Gasteiger charge is 2.16. The van der Waals surface area contributed by atoms with Gasteiger partial charge in [-0.2, -0.15) is 0 Å². The number of rotatable bonds is 4. The van der Waals surface area contributed by atoms with Crippen molar-refractivity contribution < 1.29 is 9.59 Å². The summed E-state index contributed by atoms with van der Waals surface area (Å²) in [5, 5.41) is 5.35. The Morgan fingerprint density at radius 3 is 2.62 bits per heavy atom. The fourth-order valence-electron chi connectivity index (χ4n) is 1.99. The van der Waals surface area contributed by atoms with Crippen molar-refractivity contribution in [2.24, 2.45) is 11.7 Å². The number of nitrogens with two attached hydrogens (primary N) is 1. The maximum atomic E-state index is 11.2. The monoisotopic (exact) mass is 228 g/mol. The molecule has 1 fully saturated rings. The van der Waals surface area contributed by atoms with Gasteiger partial charge in [0.1, 0.15) is 0 Å². The van der Waals surface area contributed by atoms with Crippen LogP contribution in [0.2, 0.25) is 0 Å². The molecule has 0 atom stereocenters. The zero-order valence-corrected chi connectivity index (χ0v) is 9.66. The molecule has 1 aliphatic heterocycles. The van der Waals surface area contributed by atoms with E-state index in [0.29, 0.717) is 5.92 Å². The van der Waals surface area contributed by atoms with E-state index in [1.54, 1.807) is 0 Å². The van der Waals surface area contributed by atoms with E-state index in [1.165, 1.54) is 0 Å². The zero-order valence-electron chi connectivity index (χ0n) is 9.66. The summed E-state index contributed by atoms with van der Waals surface area (Å²) < 4.78 is 0. The highest BCUT2D eigenvalue weighted by Crippen LogP contribution is 2.12. The Hall–Kier alpha value is -1.14. The van der Waals surface area contributed by atoms with Crippen LogP contribution in [0.5, 0.6) is 0 Å². The number of amides is 3. The van der Waals surface area contributed by atoms with Crippen molar-refractivity contribution >= 4 is 11.9 Å². The molecule has 16 heavy (non-hydrogen) atoms. The number of piperidine rings is 1. The van der Waals surface area contributed by atoms with E-state index < -0.39 is 6.03 Å². The van der Waals surface area contributed by atoms with Crippen molar-refractivity contribution in [3.63, 3.8) is 0 Å². The van der Waals surface area contributed by atoms with Crippen molar-refractivity contribution in [2.75, 3.05) is 33.2 Å². The number of carbonyl (C=O) groups is 2. The number of imide groups is 1. The number of urea groups is 1. The van der Waals surface area contributed by atoms with E-state index in [2.05, 4.69) is 10.6 Å². The van der Waals surface area contributed by atoms with E-state index in [4.69, 9.17) is 5.73 Å². The van der Waals surface area contributed by atoms with E-state index in [-0.39, 0.29) is 12.5 Å². The summed E-state index contributed by atoms with van der Waals surface area (Å²) in [4.78, 5) is 23.6. The molecule has 1 aliphatic rings. The Kier molecular flexibility index (Phi) is 5.21. The first-order valence-corrected chi connectivity index (χ1v) is 5.56. The van der Waals surface area contributed by atoms with Crippen LogP contribution in [0.15, 0.2) is 0 Å². The van der Waals surface area contributed by atoms with Crippen LogP contribution in [0.4, 0.5) is 4.79 Å². The number of nitrogens with zero attached hydrogens (tertiary/aromatic N) is 1. The molecule has 0 aromatic rings. The van der Waals surface area contributed by atoms with Crippen molar-refractivity contribution in [1.82, 2.24) is 15.5 Å². The van der Waals surface area contributed by atoms with E-state index in [0.717, 1.165) is 32.5 Å². The molecule has 1 saturated heterocycles. The molecule has 0 bridgehead atoms. The van der Waals surface area contributed by atoms with Gasteiger partial charge in [0.2, 0.25) is 5.91 Å². The Balaban J connectivity index is 2.21. The lowest BCUT2D eigenvalue weighted by Gasteiger charge is -2.26. The molecular formula is C10H20N4O2. The zero-order chi connectivity index (χ0) is 12.0. The topological polar surface area (TPSA) is 87.5 Å². The third kappa shape index (κ3) is 5.09. The maximum Gasteiger partial charge on any atom is 0.318 e. The van der Waals surface area contributed by atoms with Gasteiger partial charge < -0.3 is 11.1 Å². The summed E-state index contributed by atoms with van der Waals surface area (Å²) in [5.74, 6) is 0.288. The Morgan fingerprint density at radius 2 is 2.06 bits per heavy atom. The van der Waals surface area contributed by atoms with Crippen molar-refractivity contribution in [1.29, 1.82) is 0 Å². The molecule has 0 unspecified atom stereocenters. The second-order valence-corrected chi connectivity index (χ2v) is 4.30. The first-order valence-electron chi connectivity index (χ1n) is 5.56. The molecular weight excluding hydrogens is 208 g/mol. The minimum absolute atomic E-state index is 0.215. The number of nitrogens with one attached hydrogen (secondary N) is 2. The number of likely N-dealkylation sites (N-methyl/N-ethyl adjacent to an activating group) is 1. The van der Waals surface area contributed by atoms with Crippen LogP contribution < -0.4 is 16.4 Å². The average Bonchev–Trinajstić information content (AvgIpc) is 2.17. The third-order valence-corrected chi connectivity index (χ3v) is 2.70. The largest absolute Gasteiger partial charge is 0.351 e. The van der Waals surface area contributed by atoms with Crippen LogP contribution in [-0.4, -0.2) is 50.1 Å². The molecule has 6 nitrogen and oxygen atoms in total. The van der Waals surface area contributed by atoms with Gasteiger partial charge in [0.25, 0.3) is 0 Å². The van der Waals surface area contributed by atoms with E-state index in [9.17, 15) is 9.59 Å². The Morgan fingerprint density at radius 1 is 1.44 bits per heavy atom. The molecule has 0 radical (unpaired) electrons. The van der Waals surface area contributed by atoms with Gasteiger partial charge in [-0.1, -0.05) is 0 Å². The van der Waals surface area contributed by atoms with Gasteiger partial charge >= 0.3 is 6.03 Å². The number of hydrogen-bond acceptors (Lipinski definition) is 4. The summed E-state index contributed by atoms with van der Waals surface area (Å²) in [6.07, 6.45) is 2.28. The smallest absolute Gasteiger partial charge is 0.318 e. The predicted molar refractivity (Wildman–Crippen MR) is 60.8 cm³/mol. The first kappa shape index (κ1) is 12.9. The average molecular weight is 228 g/mol. The molecule has 4 N–H and O–H groups in total. The number of carbonyl (C=O) groups excluding carboxylic acids is 2. The highest BCUT2D eigenvalue weighted by atomic mass is 16.2. The summed E-state index contributed by atoms with van der Waals surface area (Å²) >= 11 is 0. The summed E-state index contributed by atoms with van der Waals surface area (Å²) in [6, 6.07) is -0.791. The molecule has 1 heterocycles. The molecule has 1 rings (SSSR count). The van der Waals surface area contributed by atoms with Crippen molar-refractivity contribution in [2.45, 2.75) is 12.8 Å². The van der Waals surface area contributed by atoms with Crippen LogP contribution in [-0.2, 0) is 4.79 Å². The van der Waals surface area contributed by atoms with Gasteiger partial charge in [0.05, 0.1) is 6.54 Å². The fraction of sp³-hybridized carbons (Fsp3) is 0.800. The SMILES string of the molecule is CN(CC(=O)NC(N)=O)CC1CCNCC1. The van der Waals surface area contributed by atoms with E-state index >= 15 is 0 Å². The minimum atomic E-state index is -0.791. The van der Waals surface area contributed by atoms with Crippen LogP contribution in [0.1, 0.15) is 12.8 Å². The van der Waals surface area contributed by atoms with Gasteiger partial charge in [0, 0.05) is 6.54 Å². The highest BCUT2D eigenvalue weighted by molar-refractivity contribution is 5.94. The van der Waals surface area contributed by atoms with Crippen molar-refractivity contribution in [3.8, 4) is 0 Å². The van der Waals surface area contributed by atoms with Crippen LogP contribution >= 0.6 is 0 Å². The van der Waals surface area contributed by atoms with Gasteiger partial charge in [-0.15, -0.1) is 0 Å². The lowest BCUT2D eigenvalue weighted by atomic mass is 9.98. The molecule has 0 spiro atoms. The Bertz CT molecular complexity index is 251. The molecule has 0 aromatic heterocycles. The molecule has 6 heteroatoms. The van der Waals surface area contributed by atoms with Crippen molar-refractivity contribution in [3.05, 3.63) is 0 Å². The van der Waals surface area contributed by atoms with Crippen LogP contribution in [0.3, 0.4) is 0 Å². The Labute approximate surface area is 95.5 Å². The van der Waals surface area contributed by atoms with Gasteiger partial charge in [-0.05, 0) is 38.9 Å². The fourth-order valence-corrected chi connectivity index (χ4v) is 1.99. The quantitative estimate of drug-likeness (QED) is 0.582. The predicted octanol–water partition coefficient (Wildman–Crippen LogP) is -0.887. The standard InChI is InChI=1S/C10H20N4O2/c1-14(7-9(15)13-10(11)16)6-8-2-4-12-5-3-8/h8,12H,2-7H2,1H3,(H3,11,13,15,16). The molecule has 0 saturated carbocycles. The second kappa shape index (κ2) is 6.44. The van der Waals surface area contributed by atoms with Gasteiger partial charge in [-0.25, -0.2) is 4.79 Å². The summed E-state index contributed by atoms with van der Waals surface area (Å²) in [7, 11) is 1.88. The molecule has 0 aromatic carbocycles. The van der Waals surface area contributed by atoms with Crippen LogP contribution in [0.25, 0.3) is 0 Å². The van der Waals surface area contributed by atoms with Gasteiger partial charge in [-0.3, -0.25) is 15.0 Å². The second-order valence-electron chi connectivity index (χ2n) is 4.30.